The molecule has 0 bridgehead atoms. The van der Waals surface area contributed by atoms with Gasteiger partial charge in [0, 0.05) is 6.20 Å². The molecule has 2 heterocycles. The summed E-state index contributed by atoms with van der Waals surface area (Å²) in [7, 11) is 0. The Morgan fingerprint density at radius 2 is 2.23 bits per heavy atom. The fraction of sp³-hybridized carbons (Fsp3) is 0. The Kier molecular flexibility index (Phi) is 3.90. The first-order valence-corrected chi connectivity index (χ1v) is 7.22. The topological polar surface area (TPSA) is 101 Å². The molecule has 7 nitrogen and oxygen atoms in total. The van der Waals surface area contributed by atoms with E-state index in [1.165, 1.54) is 29.7 Å². The summed E-state index contributed by atoms with van der Waals surface area (Å²) < 4.78 is 0.653. The maximum atomic E-state index is 12.1. The molecule has 0 fully saturated rings. The van der Waals surface area contributed by atoms with Gasteiger partial charge in [0.25, 0.3) is 5.91 Å². The second-order valence-corrected chi connectivity index (χ2v) is 5.63. The quantitative estimate of drug-likeness (QED) is 0.562. The standard InChI is InChI=1S/C13H8ClN4O3S/c14-11-8(2-1-5-15-11)12(19)17-13-16-9-4-3-7(18(20)21)6-10(9)22-13/h1-6,20H,(H,16,17,19)/q-1. The average molecular weight is 336 g/mol. The number of pyridine rings is 1. The van der Waals surface area contributed by atoms with E-state index < -0.39 is 5.91 Å². The Morgan fingerprint density at radius 1 is 1.41 bits per heavy atom. The highest BCUT2D eigenvalue weighted by atomic mass is 35.5. The number of anilines is 2. The number of halogens is 1. The lowest BCUT2D eigenvalue weighted by molar-refractivity contribution is 0.102. The number of carbonyl (C=O) groups excluding carboxylic acids is 1. The van der Waals surface area contributed by atoms with Crippen LogP contribution in [-0.4, -0.2) is 21.1 Å². The summed E-state index contributed by atoms with van der Waals surface area (Å²) in [6.45, 7) is 0. The third-order valence-electron chi connectivity index (χ3n) is 2.82. The molecule has 9 heteroatoms. The van der Waals surface area contributed by atoms with E-state index in [0.29, 0.717) is 15.3 Å². The zero-order valence-corrected chi connectivity index (χ0v) is 12.4. The van der Waals surface area contributed by atoms with Crippen LogP contribution in [0.5, 0.6) is 0 Å². The molecule has 3 rings (SSSR count). The Morgan fingerprint density at radius 3 is 2.95 bits per heavy atom. The van der Waals surface area contributed by atoms with Crippen molar-refractivity contribution in [1.29, 1.82) is 0 Å². The highest BCUT2D eigenvalue weighted by Gasteiger charge is 2.13. The number of nitrogens with zero attached hydrogens (tertiary/aromatic N) is 3. The predicted octanol–water partition coefficient (Wildman–Crippen LogP) is 3.29. The lowest BCUT2D eigenvalue weighted by Gasteiger charge is -2.20. The molecule has 3 aromatic rings. The van der Waals surface area contributed by atoms with Crippen molar-refractivity contribution in [1.82, 2.24) is 9.97 Å². The number of hydrogen-bond donors (Lipinski definition) is 2. The summed E-state index contributed by atoms with van der Waals surface area (Å²) in [5.41, 5.74) is 0.928. The highest BCUT2D eigenvalue weighted by Crippen LogP contribution is 2.29. The number of carbonyl (C=O) groups is 1. The van der Waals surface area contributed by atoms with Crippen LogP contribution in [0.2, 0.25) is 5.15 Å². The minimum atomic E-state index is -0.426. The smallest absolute Gasteiger partial charge is 0.260 e. The van der Waals surface area contributed by atoms with Crippen molar-refractivity contribution in [2.75, 3.05) is 10.5 Å². The van der Waals surface area contributed by atoms with Gasteiger partial charge in [-0.3, -0.25) is 15.3 Å². The zero-order valence-electron chi connectivity index (χ0n) is 10.9. The third-order valence-corrected chi connectivity index (χ3v) is 4.05. The second-order valence-electron chi connectivity index (χ2n) is 4.24. The van der Waals surface area contributed by atoms with Gasteiger partial charge in [0.05, 0.1) is 21.5 Å². The van der Waals surface area contributed by atoms with Crippen LogP contribution in [0, 0.1) is 5.21 Å². The van der Waals surface area contributed by atoms with Crippen LogP contribution in [0.3, 0.4) is 0 Å². The summed E-state index contributed by atoms with van der Waals surface area (Å²) in [5.74, 6) is -0.426. The fourth-order valence-corrected chi connectivity index (χ4v) is 2.90. The number of fused-ring (bicyclic) bond motifs is 1. The first kappa shape index (κ1) is 14.7. The van der Waals surface area contributed by atoms with E-state index in [1.807, 2.05) is 0 Å². The van der Waals surface area contributed by atoms with Crippen molar-refractivity contribution < 1.29 is 10.0 Å². The number of amides is 1. The summed E-state index contributed by atoms with van der Waals surface area (Å²) in [6.07, 6.45) is 1.49. The van der Waals surface area contributed by atoms with E-state index in [4.69, 9.17) is 16.8 Å². The highest BCUT2D eigenvalue weighted by molar-refractivity contribution is 7.22. The number of aromatic nitrogens is 2. The van der Waals surface area contributed by atoms with Crippen molar-refractivity contribution in [2.45, 2.75) is 0 Å². The number of hydrogen-bond acceptors (Lipinski definition) is 7. The largest absolute Gasteiger partial charge is 0.733 e. The van der Waals surface area contributed by atoms with Crippen molar-refractivity contribution >= 4 is 49.9 Å². The van der Waals surface area contributed by atoms with Gasteiger partial charge in [0.2, 0.25) is 0 Å². The van der Waals surface area contributed by atoms with E-state index in [-0.39, 0.29) is 21.6 Å². The average Bonchev–Trinajstić information content (AvgIpc) is 2.88. The number of rotatable bonds is 3. The van der Waals surface area contributed by atoms with E-state index in [0.717, 1.165) is 0 Å². The minimum Gasteiger partial charge on any atom is -0.733 e. The molecule has 1 aromatic carbocycles. The second kappa shape index (κ2) is 5.85. The van der Waals surface area contributed by atoms with Gasteiger partial charge in [-0.15, -0.1) is 0 Å². The molecule has 0 aliphatic heterocycles. The predicted molar refractivity (Wildman–Crippen MR) is 84.5 cm³/mol. The lowest BCUT2D eigenvalue weighted by atomic mass is 10.3. The molecular formula is C13H8ClN4O3S-. The normalized spacial score (nSPS) is 10.7. The van der Waals surface area contributed by atoms with Gasteiger partial charge in [0.1, 0.15) is 5.15 Å². The van der Waals surface area contributed by atoms with Gasteiger partial charge in [0.15, 0.2) is 5.13 Å². The number of thiazole rings is 1. The Hall–Kier alpha value is -2.26. The van der Waals surface area contributed by atoms with E-state index in [9.17, 15) is 10.0 Å². The first-order valence-electron chi connectivity index (χ1n) is 6.03. The molecular weight excluding hydrogens is 328 g/mol. The van der Waals surface area contributed by atoms with Crippen molar-refractivity contribution in [2.24, 2.45) is 0 Å². The van der Waals surface area contributed by atoms with Crippen LogP contribution in [0.25, 0.3) is 10.2 Å². The minimum absolute atomic E-state index is 0.0873. The summed E-state index contributed by atoms with van der Waals surface area (Å²) in [5, 5.41) is 22.6. The molecule has 0 spiro atoms. The SMILES string of the molecule is O=C(Nc1nc2ccc(N([O-])O)cc2s1)c1cccnc1Cl. The molecule has 0 unspecified atom stereocenters. The van der Waals surface area contributed by atoms with Gasteiger partial charge < -0.3 is 10.4 Å². The van der Waals surface area contributed by atoms with E-state index in [2.05, 4.69) is 15.3 Å². The Balaban J connectivity index is 1.88. The maximum Gasteiger partial charge on any atom is 0.260 e. The molecule has 22 heavy (non-hydrogen) atoms. The number of nitrogens with one attached hydrogen (secondary N) is 1. The monoisotopic (exact) mass is 335 g/mol. The molecule has 0 radical (unpaired) electrons. The van der Waals surface area contributed by atoms with Gasteiger partial charge in [-0.1, -0.05) is 22.9 Å². The number of benzene rings is 1. The zero-order chi connectivity index (χ0) is 15.7. The van der Waals surface area contributed by atoms with Crippen molar-refractivity contribution in [3.63, 3.8) is 0 Å². The molecule has 1 amide bonds. The fourth-order valence-electron chi connectivity index (χ4n) is 1.81. The summed E-state index contributed by atoms with van der Waals surface area (Å²) >= 11 is 7.04. The Labute approximate surface area is 133 Å². The van der Waals surface area contributed by atoms with Gasteiger partial charge in [-0.2, -0.15) is 0 Å². The maximum absolute atomic E-state index is 12.1. The van der Waals surface area contributed by atoms with E-state index in [1.54, 1.807) is 18.2 Å². The van der Waals surface area contributed by atoms with Crippen molar-refractivity contribution in [3.8, 4) is 0 Å². The van der Waals surface area contributed by atoms with Gasteiger partial charge >= 0.3 is 0 Å². The summed E-state index contributed by atoms with van der Waals surface area (Å²) in [6, 6.07) is 7.65. The summed E-state index contributed by atoms with van der Waals surface area (Å²) in [4.78, 5) is 20.2. The van der Waals surface area contributed by atoms with Crippen LogP contribution in [0.4, 0.5) is 10.8 Å². The van der Waals surface area contributed by atoms with Gasteiger partial charge in [-0.25, -0.2) is 9.97 Å². The van der Waals surface area contributed by atoms with Crippen LogP contribution in [0.1, 0.15) is 10.4 Å². The lowest BCUT2D eigenvalue weighted by Crippen LogP contribution is -2.12. The van der Waals surface area contributed by atoms with Crippen LogP contribution in [0.15, 0.2) is 36.5 Å². The van der Waals surface area contributed by atoms with Gasteiger partial charge in [-0.05, 0) is 30.3 Å². The van der Waals surface area contributed by atoms with E-state index >= 15 is 0 Å². The van der Waals surface area contributed by atoms with Crippen molar-refractivity contribution in [3.05, 3.63) is 52.5 Å². The van der Waals surface area contributed by atoms with Crippen LogP contribution in [-0.2, 0) is 0 Å². The molecule has 0 aliphatic carbocycles. The third kappa shape index (κ3) is 2.85. The van der Waals surface area contributed by atoms with Crippen LogP contribution >= 0.6 is 22.9 Å². The van der Waals surface area contributed by atoms with Crippen LogP contribution < -0.4 is 10.5 Å². The molecule has 0 saturated heterocycles. The molecule has 112 valence electrons. The Bertz CT molecular complexity index is 852. The molecule has 2 N–H and O–H groups in total. The molecule has 0 atom stereocenters. The molecule has 0 saturated carbocycles. The molecule has 0 aliphatic rings. The first-order chi connectivity index (χ1) is 10.5. The molecule has 2 aromatic heterocycles.